The second-order valence-corrected chi connectivity index (χ2v) is 11.6. The number of azo groups is 2. The number of aliphatic hydroxyl groups excluding tert-OH is 2. The van der Waals surface area contributed by atoms with Crippen LogP contribution in [-0.4, -0.2) is 49.6 Å². The zero-order valence-corrected chi connectivity index (χ0v) is 29.0. The first kappa shape index (κ1) is 35.7. The highest BCUT2D eigenvalue weighted by Gasteiger charge is 2.08. The molecular weight excluding hydrogens is 628 g/mol. The minimum Gasteiger partial charge on any atom is -0.457 e. The van der Waals surface area contributed by atoms with E-state index in [0.717, 1.165) is 58.3 Å². The van der Waals surface area contributed by atoms with E-state index in [9.17, 15) is 10.2 Å². The number of hydrogen-bond acceptors (Lipinski definition) is 10. The fraction of sp³-hybridized carbons (Fsp3) is 0.250. The number of ether oxygens (including phenoxy) is 2. The van der Waals surface area contributed by atoms with Crippen molar-refractivity contribution in [2.75, 3.05) is 49.2 Å². The highest BCUT2D eigenvalue weighted by Crippen LogP contribution is 2.31. The Bertz CT molecular complexity index is 1740. The Morgan fingerprint density at radius 2 is 0.820 bits per heavy atom. The van der Waals surface area contributed by atoms with E-state index < -0.39 is 0 Å². The summed E-state index contributed by atoms with van der Waals surface area (Å²) in [7, 11) is 0. The van der Waals surface area contributed by atoms with Gasteiger partial charge in [-0.25, -0.2) is 0 Å². The zero-order chi connectivity index (χ0) is 35.3. The monoisotopic (exact) mass is 672 g/mol. The third-order valence-electron chi connectivity index (χ3n) is 8.11. The SMILES string of the molecule is CCN(CCO)c1ccc(N=Nc2ccc(Oc3ccc(Oc4ccc(N=Nc5ccc(N(CC)CCO)cc5C)cc4)cc3)cc2)c(C)c1. The van der Waals surface area contributed by atoms with Crippen LogP contribution in [0.25, 0.3) is 0 Å². The molecule has 5 rings (SSSR count). The van der Waals surface area contributed by atoms with Gasteiger partial charge < -0.3 is 29.5 Å². The third-order valence-corrected chi connectivity index (χ3v) is 8.11. The molecule has 0 aliphatic heterocycles. The van der Waals surface area contributed by atoms with E-state index >= 15 is 0 Å². The van der Waals surface area contributed by atoms with Crippen molar-refractivity contribution in [1.29, 1.82) is 0 Å². The van der Waals surface area contributed by atoms with E-state index in [1.165, 1.54) is 0 Å². The summed E-state index contributed by atoms with van der Waals surface area (Å²) in [4.78, 5) is 4.23. The number of aliphatic hydroxyl groups is 2. The van der Waals surface area contributed by atoms with Crippen molar-refractivity contribution < 1.29 is 19.7 Å². The van der Waals surface area contributed by atoms with Crippen LogP contribution in [0.3, 0.4) is 0 Å². The van der Waals surface area contributed by atoms with Crippen molar-refractivity contribution in [3.63, 3.8) is 0 Å². The van der Waals surface area contributed by atoms with Gasteiger partial charge in [0.05, 0.1) is 36.0 Å². The molecule has 0 aromatic heterocycles. The normalized spacial score (nSPS) is 11.3. The lowest BCUT2D eigenvalue weighted by Gasteiger charge is -2.22. The Labute approximate surface area is 294 Å². The molecule has 258 valence electrons. The molecule has 0 saturated heterocycles. The summed E-state index contributed by atoms with van der Waals surface area (Å²) in [5.41, 5.74) is 7.17. The molecule has 0 radical (unpaired) electrons. The highest BCUT2D eigenvalue weighted by atomic mass is 16.5. The summed E-state index contributed by atoms with van der Waals surface area (Å²) in [6.07, 6.45) is 0. The molecule has 0 heterocycles. The molecule has 0 aliphatic rings. The van der Waals surface area contributed by atoms with Gasteiger partial charge in [0.2, 0.25) is 0 Å². The number of rotatable bonds is 16. The van der Waals surface area contributed by atoms with Crippen LogP contribution in [0, 0.1) is 13.8 Å². The average molecular weight is 673 g/mol. The molecule has 0 spiro atoms. The van der Waals surface area contributed by atoms with Gasteiger partial charge in [-0.2, -0.15) is 20.5 Å². The van der Waals surface area contributed by atoms with Crippen molar-refractivity contribution in [1.82, 2.24) is 0 Å². The van der Waals surface area contributed by atoms with Crippen LogP contribution in [0.2, 0.25) is 0 Å². The van der Waals surface area contributed by atoms with Crippen LogP contribution in [0.5, 0.6) is 23.0 Å². The molecule has 0 aliphatic carbocycles. The van der Waals surface area contributed by atoms with Crippen LogP contribution < -0.4 is 19.3 Å². The van der Waals surface area contributed by atoms with E-state index in [1.807, 2.05) is 111 Å². The van der Waals surface area contributed by atoms with Gasteiger partial charge in [0.25, 0.3) is 0 Å². The topological polar surface area (TPSA) is 115 Å². The van der Waals surface area contributed by atoms with Crippen molar-refractivity contribution in [3.8, 4) is 23.0 Å². The maximum absolute atomic E-state index is 9.30. The Balaban J connectivity index is 1.12. The first-order valence-corrected chi connectivity index (χ1v) is 16.8. The molecule has 0 fully saturated rings. The van der Waals surface area contributed by atoms with E-state index in [-0.39, 0.29) is 13.2 Å². The molecule has 0 unspecified atom stereocenters. The smallest absolute Gasteiger partial charge is 0.127 e. The Hall–Kier alpha value is -5.58. The van der Waals surface area contributed by atoms with Crippen molar-refractivity contribution in [3.05, 3.63) is 120 Å². The van der Waals surface area contributed by atoms with Crippen molar-refractivity contribution in [2.24, 2.45) is 20.5 Å². The number of likely N-dealkylation sites (N-methyl/N-ethyl adjacent to an activating group) is 2. The van der Waals surface area contributed by atoms with Crippen LogP contribution in [0.1, 0.15) is 25.0 Å². The number of benzene rings is 5. The van der Waals surface area contributed by atoms with Gasteiger partial charge in [-0.1, -0.05) is 0 Å². The second kappa shape index (κ2) is 17.7. The standard InChI is InChI=1S/C40H44N6O4/c1-5-45(23-25-47)33-11-21-39(29(3)27-33)43-41-31-7-13-35(14-8-31)49-37-17-19-38(20-18-37)50-36-15-9-32(10-16-36)42-44-40-22-12-34(28-30(40)4)46(6-2)24-26-48/h7-22,27-28,47-48H,5-6,23-26H2,1-4H3. The predicted molar refractivity (Wildman–Crippen MR) is 200 cm³/mol. The quantitative estimate of drug-likeness (QED) is 0.101. The lowest BCUT2D eigenvalue weighted by molar-refractivity contribution is 0.302. The maximum atomic E-state index is 9.30. The zero-order valence-electron chi connectivity index (χ0n) is 29.0. The molecule has 50 heavy (non-hydrogen) atoms. The molecule has 10 nitrogen and oxygen atoms in total. The molecule has 0 bridgehead atoms. The minimum absolute atomic E-state index is 0.114. The second-order valence-electron chi connectivity index (χ2n) is 11.6. The molecule has 5 aromatic carbocycles. The summed E-state index contributed by atoms with van der Waals surface area (Å²) in [5, 5.41) is 36.3. The average Bonchev–Trinajstić information content (AvgIpc) is 3.14. The molecule has 0 amide bonds. The number of hydrogen-bond donors (Lipinski definition) is 2. The van der Waals surface area contributed by atoms with Crippen LogP contribution >= 0.6 is 0 Å². The fourth-order valence-corrected chi connectivity index (χ4v) is 5.31. The molecule has 5 aromatic rings. The number of anilines is 2. The minimum atomic E-state index is 0.114. The first-order valence-electron chi connectivity index (χ1n) is 16.8. The number of aryl methyl sites for hydroxylation is 2. The Kier molecular flexibility index (Phi) is 12.7. The van der Waals surface area contributed by atoms with Gasteiger partial charge in [-0.3, -0.25) is 0 Å². The van der Waals surface area contributed by atoms with Gasteiger partial charge in [-0.05, 0) is 148 Å². The van der Waals surface area contributed by atoms with Crippen molar-refractivity contribution in [2.45, 2.75) is 27.7 Å². The summed E-state index contributed by atoms with van der Waals surface area (Å²) < 4.78 is 12.0. The Morgan fingerprint density at radius 3 is 1.12 bits per heavy atom. The molecule has 2 N–H and O–H groups in total. The summed E-state index contributed by atoms with van der Waals surface area (Å²) in [6.45, 7) is 11.2. The van der Waals surface area contributed by atoms with E-state index in [4.69, 9.17) is 9.47 Å². The van der Waals surface area contributed by atoms with E-state index in [0.29, 0.717) is 36.1 Å². The van der Waals surface area contributed by atoms with Gasteiger partial charge in [0, 0.05) is 37.6 Å². The molecular formula is C40H44N6O4. The third kappa shape index (κ3) is 9.74. The molecule has 0 saturated carbocycles. The first-order chi connectivity index (χ1) is 24.4. The van der Waals surface area contributed by atoms with Crippen LogP contribution in [0.15, 0.2) is 130 Å². The lowest BCUT2D eigenvalue weighted by Crippen LogP contribution is -2.26. The van der Waals surface area contributed by atoms with E-state index in [2.05, 4.69) is 56.2 Å². The summed E-state index contributed by atoms with van der Waals surface area (Å²) >= 11 is 0. The van der Waals surface area contributed by atoms with Crippen LogP contribution in [-0.2, 0) is 0 Å². The van der Waals surface area contributed by atoms with E-state index in [1.54, 1.807) is 0 Å². The molecule has 0 atom stereocenters. The predicted octanol–water partition coefficient (Wildman–Crippen LogP) is 10.4. The van der Waals surface area contributed by atoms with Gasteiger partial charge in [0.15, 0.2) is 0 Å². The summed E-state index contributed by atoms with van der Waals surface area (Å²) in [6, 6.07) is 34.3. The lowest BCUT2D eigenvalue weighted by atomic mass is 10.1. The highest BCUT2D eigenvalue weighted by molar-refractivity contribution is 5.59. The van der Waals surface area contributed by atoms with Crippen LogP contribution in [0.4, 0.5) is 34.1 Å². The van der Waals surface area contributed by atoms with Gasteiger partial charge >= 0.3 is 0 Å². The fourth-order valence-electron chi connectivity index (χ4n) is 5.31. The largest absolute Gasteiger partial charge is 0.457 e. The number of nitrogens with zero attached hydrogens (tertiary/aromatic N) is 6. The van der Waals surface area contributed by atoms with Gasteiger partial charge in [0.1, 0.15) is 23.0 Å². The Morgan fingerprint density at radius 1 is 0.480 bits per heavy atom. The van der Waals surface area contributed by atoms with Gasteiger partial charge in [-0.15, -0.1) is 0 Å². The molecule has 10 heteroatoms. The maximum Gasteiger partial charge on any atom is 0.127 e. The summed E-state index contributed by atoms with van der Waals surface area (Å²) in [5.74, 6) is 2.73. The van der Waals surface area contributed by atoms with Crippen molar-refractivity contribution >= 4 is 34.1 Å².